The molecule has 0 radical (unpaired) electrons. The SMILES string of the molecule is NC1(N)C=CN([C@@H]2O[C@H](CO)[C@@H](O)[C@@H]2O)C(=O)N1. The monoisotopic (exact) mass is 260 g/mol. The number of hydrogen-bond acceptors (Lipinski definition) is 7. The number of nitrogens with one attached hydrogen (secondary N) is 1. The molecule has 0 bridgehead atoms. The molecule has 0 spiro atoms. The highest BCUT2D eigenvalue weighted by Crippen LogP contribution is 2.25. The van der Waals surface area contributed by atoms with Gasteiger partial charge in [0.2, 0.25) is 0 Å². The summed E-state index contributed by atoms with van der Waals surface area (Å²) >= 11 is 0. The van der Waals surface area contributed by atoms with Gasteiger partial charge in [-0.1, -0.05) is 0 Å². The molecule has 2 amide bonds. The predicted octanol–water partition coefficient (Wildman–Crippen LogP) is -3.46. The smallest absolute Gasteiger partial charge is 0.326 e. The molecule has 0 aromatic rings. The van der Waals surface area contributed by atoms with E-state index in [1.54, 1.807) is 0 Å². The summed E-state index contributed by atoms with van der Waals surface area (Å²) in [5, 5.41) is 30.6. The highest BCUT2D eigenvalue weighted by molar-refractivity contribution is 5.78. The van der Waals surface area contributed by atoms with Crippen LogP contribution in [0.25, 0.3) is 0 Å². The Balaban J connectivity index is 2.16. The summed E-state index contributed by atoms with van der Waals surface area (Å²) in [5.74, 6) is -1.47. The van der Waals surface area contributed by atoms with Crippen LogP contribution in [-0.2, 0) is 4.74 Å². The first-order valence-electron chi connectivity index (χ1n) is 5.36. The molecule has 18 heavy (non-hydrogen) atoms. The van der Waals surface area contributed by atoms with Crippen molar-refractivity contribution >= 4 is 6.03 Å². The first-order chi connectivity index (χ1) is 8.35. The zero-order valence-corrected chi connectivity index (χ0v) is 9.43. The van der Waals surface area contributed by atoms with Crippen molar-refractivity contribution in [2.45, 2.75) is 30.3 Å². The number of aliphatic hydroxyl groups is 3. The molecule has 1 saturated heterocycles. The van der Waals surface area contributed by atoms with Gasteiger partial charge in [0, 0.05) is 6.20 Å². The fourth-order valence-electron chi connectivity index (χ4n) is 1.87. The number of carbonyl (C=O) groups is 1. The van der Waals surface area contributed by atoms with Crippen LogP contribution < -0.4 is 16.8 Å². The minimum Gasteiger partial charge on any atom is -0.394 e. The van der Waals surface area contributed by atoms with Crippen molar-refractivity contribution in [2.75, 3.05) is 6.61 Å². The molecule has 0 aromatic heterocycles. The molecule has 102 valence electrons. The summed E-state index contributed by atoms with van der Waals surface area (Å²) in [6.07, 6.45) is -2.09. The Morgan fingerprint density at radius 3 is 2.61 bits per heavy atom. The fraction of sp³-hybridized carbons (Fsp3) is 0.667. The average Bonchev–Trinajstić information content (AvgIpc) is 2.55. The van der Waals surface area contributed by atoms with Crippen molar-refractivity contribution in [1.82, 2.24) is 10.2 Å². The van der Waals surface area contributed by atoms with Crippen molar-refractivity contribution < 1.29 is 24.9 Å². The minimum absolute atomic E-state index is 0.467. The number of nitrogens with zero attached hydrogens (tertiary/aromatic N) is 1. The fourth-order valence-corrected chi connectivity index (χ4v) is 1.87. The molecule has 9 nitrogen and oxygen atoms in total. The summed E-state index contributed by atoms with van der Waals surface area (Å²) < 4.78 is 5.20. The van der Waals surface area contributed by atoms with E-state index < -0.39 is 43.0 Å². The average molecular weight is 260 g/mol. The maximum absolute atomic E-state index is 11.7. The molecule has 2 aliphatic rings. The summed E-state index contributed by atoms with van der Waals surface area (Å²) in [4.78, 5) is 12.7. The van der Waals surface area contributed by atoms with Crippen LogP contribution in [0.1, 0.15) is 0 Å². The minimum atomic E-state index is -1.47. The van der Waals surface area contributed by atoms with Gasteiger partial charge in [0.15, 0.2) is 12.0 Å². The summed E-state index contributed by atoms with van der Waals surface area (Å²) in [5.41, 5.74) is 11.0. The summed E-state index contributed by atoms with van der Waals surface area (Å²) in [6.45, 7) is -0.467. The number of ether oxygens (including phenoxy) is 1. The van der Waals surface area contributed by atoms with Crippen molar-refractivity contribution in [1.29, 1.82) is 0 Å². The molecule has 0 unspecified atom stereocenters. The number of amides is 2. The zero-order chi connectivity index (χ0) is 13.5. The van der Waals surface area contributed by atoms with Crippen LogP contribution in [0.5, 0.6) is 0 Å². The maximum atomic E-state index is 11.7. The van der Waals surface area contributed by atoms with Crippen LogP contribution in [0.15, 0.2) is 12.3 Å². The maximum Gasteiger partial charge on any atom is 0.326 e. The summed E-state index contributed by atoms with van der Waals surface area (Å²) in [7, 11) is 0. The Bertz CT molecular complexity index is 374. The molecule has 0 aromatic carbocycles. The van der Waals surface area contributed by atoms with E-state index in [1.165, 1.54) is 12.3 Å². The van der Waals surface area contributed by atoms with E-state index in [-0.39, 0.29) is 0 Å². The van der Waals surface area contributed by atoms with E-state index >= 15 is 0 Å². The number of urea groups is 1. The first kappa shape index (κ1) is 13.2. The first-order valence-corrected chi connectivity index (χ1v) is 5.36. The van der Waals surface area contributed by atoms with Gasteiger partial charge >= 0.3 is 6.03 Å². The molecule has 9 heteroatoms. The van der Waals surface area contributed by atoms with Crippen molar-refractivity contribution in [2.24, 2.45) is 11.5 Å². The molecule has 4 atom stereocenters. The van der Waals surface area contributed by atoms with E-state index in [0.717, 1.165) is 4.90 Å². The molecule has 8 N–H and O–H groups in total. The van der Waals surface area contributed by atoms with Gasteiger partial charge in [-0.05, 0) is 6.08 Å². The van der Waals surface area contributed by atoms with E-state index in [0.29, 0.717) is 0 Å². The van der Waals surface area contributed by atoms with E-state index in [4.69, 9.17) is 21.3 Å². The number of hydrogen-bond donors (Lipinski definition) is 6. The van der Waals surface area contributed by atoms with Crippen molar-refractivity contribution in [3.63, 3.8) is 0 Å². The van der Waals surface area contributed by atoms with E-state index in [9.17, 15) is 15.0 Å². The molecule has 0 saturated carbocycles. The molecule has 2 rings (SSSR count). The third kappa shape index (κ3) is 2.19. The lowest BCUT2D eigenvalue weighted by molar-refractivity contribution is -0.0668. The lowest BCUT2D eigenvalue weighted by atomic mass is 10.1. The Kier molecular flexibility index (Phi) is 3.27. The number of nitrogens with two attached hydrogens (primary N) is 2. The third-order valence-corrected chi connectivity index (χ3v) is 2.86. The quantitative estimate of drug-likeness (QED) is 0.282. The van der Waals surface area contributed by atoms with Crippen molar-refractivity contribution in [3.8, 4) is 0 Å². The van der Waals surface area contributed by atoms with Gasteiger partial charge in [-0.15, -0.1) is 0 Å². The normalized spacial score (nSPS) is 38.9. The Labute approximate surface area is 103 Å². The van der Waals surface area contributed by atoms with Crippen LogP contribution in [0.3, 0.4) is 0 Å². The number of aliphatic hydroxyl groups excluding tert-OH is 3. The van der Waals surface area contributed by atoms with Crippen molar-refractivity contribution in [3.05, 3.63) is 12.3 Å². The van der Waals surface area contributed by atoms with Gasteiger partial charge in [-0.25, -0.2) is 4.79 Å². The molecule has 2 aliphatic heterocycles. The van der Waals surface area contributed by atoms with Gasteiger partial charge in [-0.3, -0.25) is 16.4 Å². The van der Waals surface area contributed by atoms with Crippen LogP contribution in [-0.4, -0.2) is 63.2 Å². The highest BCUT2D eigenvalue weighted by Gasteiger charge is 2.47. The Morgan fingerprint density at radius 1 is 1.44 bits per heavy atom. The topological polar surface area (TPSA) is 154 Å². The third-order valence-electron chi connectivity index (χ3n) is 2.86. The molecule has 1 fully saturated rings. The van der Waals surface area contributed by atoms with Gasteiger partial charge < -0.3 is 25.4 Å². The van der Waals surface area contributed by atoms with Crippen LogP contribution >= 0.6 is 0 Å². The van der Waals surface area contributed by atoms with Crippen LogP contribution in [0.2, 0.25) is 0 Å². The molecule has 0 aliphatic carbocycles. The second-order valence-corrected chi connectivity index (χ2v) is 4.32. The van der Waals surface area contributed by atoms with Crippen LogP contribution in [0, 0.1) is 0 Å². The highest BCUT2D eigenvalue weighted by atomic mass is 16.6. The van der Waals surface area contributed by atoms with Gasteiger partial charge in [0.1, 0.15) is 18.3 Å². The van der Waals surface area contributed by atoms with Gasteiger partial charge in [0.05, 0.1) is 6.61 Å². The second kappa shape index (κ2) is 4.46. The van der Waals surface area contributed by atoms with Gasteiger partial charge in [0.25, 0.3) is 0 Å². The lowest BCUT2D eigenvalue weighted by Gasteiger charge is -2.35. The number of carbonyl (C=O) groups excluding carboxylic acids is 1. The molecular weight excluding hydrogens is 244 g/mol. The predicted molar refractivity (Wildman–Crippen MR) is 58.4 cm³/mol. The Morgan fingerprint density at radius 2 is 2.11 bits per heavy atom. The number of rotatable bonds is 2. The molecule has 2 heterocycles. The van der Waals surface area contributed by atoms with Gasteiger partial charge in [-0.2, -0.15) is 0 Å². The standard InChI is InChI=1S/C9H16N4O5/c10-9(11)1-2-13(8(17)12-9)7-6(16)5(15)4(3-14)18-7/h1-2,4-7,14-16H,3,10-11H2,(H,12,17)/t4-,5-,6+,7-/m1/s1. The van der Waals surface area contributed by atoms with E-state index in [2.05, 4.69) is 5.32 Å². The lowest BCUT2D eigenvalue weighted by Crippen LogP contribution is -2.67. The summed E-state index contributed by atoms with van der Waals surface area (Å²) in [6, 6.07) is -0.669. The Hall–Kier alpha value is -1.23. The largest absolute Gasteiger partial charge is 0.394 e. The van der Waals surface area contributed by atoms with Crippen LogP contribution in [0.4, 0.5) is 4.79 Å². The molecular formula is C9H16N4O5. The van der Waals surface area contributed by atoms with E-state index in [1.807, 2.05) is 0 Å². The zero-order valence-electron chi connectivity index (χ0n) is 9.43. The second-order valence-electron chi connectivity index (χ2n) is 4.32.